The van der Waals surface area contributed by atoms with E-state index >= 15 is 0 Å². The zero-order valence-corrected chi connectivity index (χ0v) is 2.83. The van der Waals surface area contributed by atoms with Crippen molar-refractivity contribution < 1.29 is 15.1 Å². The van der Waals surface area contributed by atoms with Gasteiger partial charge in [-0.25, -0.2) is 0 Å². The van der Waals surface area contributed by atoms with E-state index in [-0.39, 0.29) is 0 Å². The molecule has 36 valence electrons. The van der Waals surface area contributed by atoms with E-state index in [1.165, 1.54) is 0 Å². The Morgan fingerprint density at radius 2 is 1.67 bits per heavy atom. The molecule has 0 rings (SSSR count). The Labute approximate surface area is 33.3 Å². The summed E-state index contributed by atoms with van der Waals surface area (Å²) in [5.74, 6) is 0. The topological polar surface area (TPSA) is 80.4 Å². The van der Waals surface area contributed by atoms with E-state index in [9.17, 15) is 0 Å². The molecule has 0 aromatic carbocycles. The van der Waals surface area contributed by atoms with E-state index in [0.29, 0.717) is 0 Å². The van der Waals surface area contributed by atoms with Crippen LogP contribution in [0, 0.1) is 10.1 Å². The van der Waals surface area contributed by atoms with Crippen LogP contribution in [0.5, 0.6) is 0 Å². The molecule has 5 nitrogen and oxygen atoms in total. The van der Waals surface area contributed by atoms with Crippen LogP contribution in [-0.2, 0) is 4.79 Å². The Bertz CT molecular complexity index is 38.8. The van der Waals surface area contributed by atoms with Crippen molar-refractivity contribution >= 4 is 6.79 Å². The van der Waals surface area contributed by atoms with Gasteiger partial charge in [0.05, 0.1) is 0 Å². The smallest absolute Gasteiger partial charge is 0.291 e. The highest BCUT2D eigenvalue weighted by molar-refractivity contribution is 5.10. The Hall–Kier alpha value is -1.13. The molecule has 0 aromatic rings. The summed E-state index contributed by atoms with van der Waals surface area (Å²) in [6.45, 7) is 2.00. The van der Waals surface area contributed by atoms with Gasteiger partial charge >= 0.3 is 0 Å². The average Bonchev–Trinajstić information content (AvgIpc) is 1.41. The van der Waals surface area contributed by atoms with Crippen molar-refractivity contribution in [2.24, 2.45) is 0 Å². The predicted molar refractivity (Wildman–Crippen MR) is 15.9 cm³/mol. The van der Waals surface area contributed by atoms with Crippen molar-refractivity contribution in [2.75, 3.05) is 0 Å². The van der Waals surface area contributed by atoms with Gasteiger partial charge in [-0.05, 0) is 0 Å². The van der Waals surface area contributed by atoms with Crippen LogP contribution in [0.3, 0.4) is 0 Å². The number of carbonyl (C=O) groups is 1. The highest BCUT2D eigenvalue weighted by atomic mass is 16.9. The summed E-state index contributed by atoms with van der Waals surface area (Å²) in [6.07, 6.45) is 0. The maximum Gasteiger partial charge on any atom is 0.291 e. The summed E-state index contributed by atoms with van der Waals surface area (Å²) >= 11 is 0. The third-order valence-electron chi connectivity index (χ3n) is 0. The molecule has 0 radical (unpaired) electrons. The molecule has 0 amide bonds. The van der Waals surface area contributed by atoms with Crippen molar-refractivity contribution in [3.63, 3.8) is 0 Å². The predicted octanol–water partition coefficient (Wildman–Crippen LogP) is -0.533. The highest BCUT2D eigenvalue weighted by Gasteiger charge is 1.65. The normalized spacial score (nSPS) is 4.67. The fraction of sp³-hybridized carbons (Fsp3) is 0. The fourth-order valence-corrected chi connectivity index (χ4v) is 0. The van der Waals surface area contributed by atoms with Crippen LogP contribution in [0.2, 0.25) is 0 Å². The monoisotopic (exact) mass is 93.0 g/mol. The molecular weight excluding hydrogens is 90.0 g/mol. The van der Waals surface area contributed by atoms with Gasteiger partial charge in [0.1, 0.15) is 6.79 Å². The lowest BCUT2D eigenvalue weighted by atomic mass is 11.9. The molecule has 1 N–H and O–H groups in total. The Morgan fingerprint density at radius 1 is 1.67 bits per heavy atom. The summed E-state index contributed by atoms with van der Waals surface area (Å²) in [4.78, 5) is 16.4. The average molecular weight is 93.0 g/mol. The molecule has 0 fully saturated rings. The maximum absolute atomic E-state index is 8.36. The number of hydrogen-bond acceptors (Lipinski definition) is 3. The minimum Gasteiger partial charge on any atom is -0.328 e. The number of carbonyl (C=O) groups excluding carboxylic acids is 1. The van der Waals surface area contributed by atoms with Gasteiger partial charge in [0.15, 0.2) is 0 Å². The minimum absolute atomic E-state index is 1.50. The van der Waals surface area contributed by atoms with Crippen LogP contribution < -0.4 is 0 Å². The zero-order chi connectivity index (χ0) is 5.58. The lowest BCUT2D eigenvalue weighted by Crippen LogP contribution is -1.81. The van der Waals surface area contributed by atoms with Crippen LogP contribution in [0.4, 0.5) is 0 Å². The van der Waals surface area contributed by atoms with Gasteiger partial charge in [-0.3, -0.25) is 0 Å². The Kier molecular flexibility index (Phi) is 13.5. The van der Waals surface area contributed by atoms with E-state index in [1.807, 2.05) is 6.79 Å². The molecule has 0 heterocycles. The van der Waals surface area contributed by atoms with Gasteiger partial charge in [-0.15, -0.1) is 10.1 Å². The summed E-state index contributed by atoms with van der Waals surface area (Å²) in [5, 5.41) is 13.6. The Morgan fingerprint density at radius 3 is 1.67 bits per heavy atom. The SMILES string of the molecule is C=O.O=[N+]([O-])O. The first-order valence-electron chi connectivity index (χ1n) is 0.854. The molecule has 6 heavy (non-hydrogen) atoms. The summed E-state index contributed by atoms with van der Waals surface area (Å²) in [7, 11) is 0. The molecule has 0 saturated heterocycles. The van der Waals surface area contributed by atoms with Gasteiger partial charge in [-0.2, -0.15) is 0 Å². The highest BCUT2D eigenvalue weighted by Crippen LogP contribution is 1.38. The van der Waals surface area contributed by atoms with E-state index in [2.05, 4.69) is 0 Å². The van der Waals surface area contributed by atoms with Crippen LogP contribution in [0.25, 0.3) is 0 Å². The first-order valence-corrected chi connectivity index (χ1v) is 0.854. The van der Waals surface area contributed by atoms with E-state index in [4.69, 9.17) is 20.1 Å². The molecule has 0 bridgehead atoms. The number of nitrogens with zero attached hydrogens (tertiary/aromatic N) is 1. The van der Waals surface area contributed by atoms with Gasteiger partial charge < -0.3 is 10.0 Å². The molecule has 0 spiro atoms. The standard InChI is InChI=1S/CH2O.HNO3/c1-2;2-1(3)4/h1H2;(H,2,3,4). The second-order valence-electron chi connectivity index (χ2n) is 0.238. The van der Waals surface area contributed by atoms with Crippen molar-refractivity contribution in [3.05, 3.63) is 10.1 Å². The van der Waals surface area contributed by atoms with Crippen LogP contribution >= 0.6 is 0 Å². The fourth-order valence-electron chi connectivity index (χ4n) is 0. The minimum atomic E-state index is -1.50. The van der Waals surface area contributed by atoms with E-state index in [0.717, 1.165) is 0 Å². The molecule has 5 heteroatoms. The molecule has 0 saturated carbocycles. The molecular formula is CH3NO4. The summed E-state index contributed by atoms with van der Waals surface area (Å²) < 4.78 is 0. The van der Waals surface area contributed by atoms with Gasteiger partial charge in [0.25, 0.3) is 5.09 Å². The summed E-state index contributed by atoms with van der Waals surface area (Å²) in [6, 6.07) is 0. The van der Waals surface area contributed by atoms with Gasteiger partial charge in [-0.1, -0.05) is 0 Å². The maximum atomic E-state index is 8.36. The van der Waals surface area contributed by atoms with Crippen molar-refractivity contribution in [3.8, 4) is 0 Å². The first-order chi connectivity index (χ1) is 2.73. The largest absolute Gasteiger partial charge is 0.328 e. The molecule has 0 atom stereocenters. The number of hydrogen-bond donors (Lipinski definition) is 1. The molecule has 0 aliphatic heterocycles. The van der Waals surface area contributed by atoms with Gasteiger partial charge in [0, 0.05) is 0 Å². The summed E-state index contributed by atoms with van der Waals surface area (Å²) in [5.41, 5.74) is 0. The molecule has 0 unspecified atom stereocenters. The Balaban J connectivity index is 0. The molecule has 0 aromatic heterocycles. The third-order valence-corrected chi connectivity index (χ3v) is 0. The lowest BCUT2D eigenvalue weighted by molar-refractivity contribution is -0.742. The van der Waals surface area contributed by atoms with Crippen molar-refractivity contribution in [2.45, 2.75) is 0 Å². The third kappa shape index (κ3) is 7.86. The quantitative estimate of drug-likeness (QED) is 0.322. The second kappa shape index (κ2) is 9.12. The zero-order valence-electron chi connectivity index (χ0n) is 2.83. The van der Waals surface area contributed by atoms with E-state index < -0.39 is 5.09 Å². The van der Waals surface area contributed by atoms with E-state index in [1.54, 1.807) is 0 Å². The van der Waals surface area contributed by atoms with Crippen LogP contribution in [-0.4, -0.2) is 17.1 Å². The molecule has 0 aliphatic carbocycles. The second-order valence-corrected chi connectivity index (χ2v) is 0.238. The van der Waals surface area contributed by atoms with Crippen LogP contribution in [0.15, 0.2) is 0 Å². The van der Waals surface area contributed by atoms with Crippen molar-refractivity contribution in [1.29, 1.82) is 0 Å². The number of rotatable bonds is 0. The molecule has 0 aliphatic rings. The van der Waals surface area contributed by atoms with Gasteiger partial charge in [0.2, 0.25) is 0 Å². The van der Waals surface area contributed by atoms with Crippen molar-refractivity contribution in [1.82, 2.24) is 0 Å². The lowest BCUT2D eigenvalue weighted by Gasteiger charge is -1.56. The van der Waals surface area contributed by atoms with Crippen LogP contribution in [0.1, 0.15) is 0 Å². The first kappa shape index (κ1) is 8.85.